The molecular formula is C28H30N2O6S. The third-order valence-electron chi connectivity index (χ3n) is 6.73. The summed E-state index contributed by atoms with van der Waals surface area (Å²) in [4.78, 5) is 37.8. The van der Waals surface area contributed by atoms with Gasteiger partial charge in [0.25, 0.3) is 5.69 Å². The molecule has 0 saturated carbocycles. The fourth-order valence-corrected chi connectivity index (χ4v) is 5.56. The number of methoxy groups -OCH3 is 1. The largest absolute Gasteiger partial charge is 0.496 e. The first-order chi connectivity index (χ1) is 17.8. The number of hydrogen-bond acceptors (Lipinski definition) is 8. The molecule has 1 aliphatic heterocycles. The van der Waals surface area contributed by atoms with Gasteiger partial charge in [0.2, 0.25) is 0 Å². The lowest BCUT2D eigenvalue weighted by Gasteiger charge is -2.37. The van der Waals surface area contributed by atoms with Crippen LogP contribution in [0.1, 0.15) is 49.7 Å². The summed E-state index contributed by atoms with van der Waals surface area (Å²) >= 11 is 1.67. The lowest BCUT2D eigenvalue weighted by molar-refractivity contribution is -0.384. The third kappa shape index (κ3) is 5.56. The van der Waals surface area contributed by atoms with E-state index >= 15 is 0 Å². The van der Waals surface area contributed by atoms with Crippen molar-refractivity contribution >= 4 is 29.2 Å². The van der Waals surface area contributed by atoms with Gasteiger partial charge in [0, 0.05) is 53.1 Å². The molecule has 194 valence electrons. The molecule has 2 aromatic carbocycles. The molecular weight excluding hydrogens is 492 g/mol. The molecule has 9 heteroatoms. The van der Waals surface area contributed by atoms with Crippen LogP contribution in [-0.2, 0) is 14.3 Å². The van der Waals surface area contributed by atoms with Gasteiger partial charge < -0.3 is 14.8 Å². The Bertz CT molecular complexity index is 1270. The van der Waals surface area contributed by atoms with Gasteiger partial charge >= 0.3 is 5.97 Å². The van der Waals surface area contributed by atoms with Gasteiger partial charge in [-0.15, -0.1) is 0 Å². The van der Waals surface area contributed by atoms with Crippen LogP contribution < -0.4 is 10.1 Å². The van der Waals surface area contributed by atoms with Crippen LogP contribution in [0.3, 0.4) is 0 Å². The highest BCUT2D eigenvalue weighted by Gasteiger charge is 2.42. The van der Waals surface area contributed by atoms with Gasteiger partial charge in [-0.3, -0.25) is 14.9 Å². The minimum atomic E-state index is -0.672. The second kappa shape index (κ2) is 11.6. The van der Waals surface area contributed by atoms with Crippen molar-refractivity contribution < 1.29 is 24.0 Å². The minimum Gasteiger partial charge on any atom is -0.496 e. The summed E-state index contributed by atoms with van der Waals surface area (Å²) in [5.41, 5.74) is 3.78. The Morgan fingerprint density at radius 1 is 1.16 bits per heavy atom. The van der Waals surface area contributed by atoms with Crippen molar-refractivity contribution in [1.82, 2.24) is 5.32 Å². The van der Waals surface area contributed by atoms with E-state index in [1.165, 1.54) is 12.1 Å². The molecule has 1 N–H and O–H groups in total. The maximum absolute atomic E-state index is 13.7. The highest BCUT2D eigenvalue weighted by Crippen LogP contribution is 2.47. The summed E-state index contributed by atoms with van der Waals surface area (Å²) in [6.07, 6.45) is 0.830. The van der Waals surface area contributed by atoms with Gasteiger partial charge in [-0.1, -0.05) is 37.3 Å². The molecule has 0 bridgehead atoms. The van der Waals surface area contributed by atoms with E-state index in [4.69, 9.17) is 9.47 Å². The number of dihydropyridines is 1. The Morgan fingerprint density at radius 3 is 2.57 bits per heavy atom. The second-order valence-corrected chi connectivity index (χ2v) is 10.3. The first kappa shape index (κ1) is 26.5. The topological polar surface area (TPSA) is 108 Å². The normalized spacial score (nSPS) is 19.3. The van der Waals surface area contributed by atoms with Crippen molar-refractivity contribution in [3.63, 3.8) is 0 Å². The lowest BCUT2D eigenvalue weighted by Crippen LogP contribution is -2.36. The Balaban J connectivity index is 1.74. The number of nitrogens with one attached hydrogen (secondary N) is 1. The number of carbonyl (C=O) groups is 2. The highest BCUT2D eigenvalue weighted by molar-refractivity contribution is 7.99. The number of thioether (sulfide) groups is 1. The minimum absolute atomic E-state index is 0.0560. The number of ether oxygens (including phenoxy) is 2. The summed E-state index contributed by atoms with van der Waals surface area (Å²) in [5.74, 6) is 1.01. The monoisotopic (exact) mass is 522 g/mol. The van der Waals surface area contributed by atoms with Crippen LogP contribution in [0.15, 0.2) is 71.1 Å². The Labute approximate surface area is 220 Å². The van der Waals surface area contributed by atoms with Crippen molar-refractivity contribution in [2.24, 2.45) is 0 Å². The molecule has 0 fully saturated rings. The van der Waals surface area contributed by atoms with Crippen LogP contribution in [0.2, 0.25) is 0 Å². The molecule has 2 aromatic rings. The van der Waals surface area contributed by atoms with Crippen LogP contribution in [-0.4, -0.2) is 41.9 Å². The lowest BCUT2D eigenvalue weighted by atomic mass is 9.71. The molecule has 0 amide bonds. The van der Waals surface area contributed by atoms with Gasteiger partial charge in [-0.05, 0) is 36.3 Å². The quantitative estimate of drug-likeness (QED) is 0.206. The Morgan fingerprint density at radius 2 is 1.89 bits per heavy atom. The summed E-state index contributed by atoms with van der Waals surface area (Å²) in [6.45, 7) is 4.10. The summed E-state index contributed by atoms with van der Waals surface area (Å²) in [6, 6.07) is 13.7. The van der Waals surface area contributed by atoms with Crippen molar-refractivity contribution in [1.29, 1.82) is 0 Å². The first-order valence-corrected chi connectivity index (χ1v) is 13.4. The van der Waals surface area contributed by atoms with E-state index in [1.807, 2.05) is 31.2 Å². The smallest absolute Gasteiger partial charge is 0.336 e. The summed E-state index contributed by atoms with van der Waals surface area (Å²) in [7, 11) is 1.61. The zero-order chi connectivity index (χ0) is 26.5. The van der Waals surface area contributed by atoms with Gasteiger partial charge in [-0.2, -0.15) is 11.8 Å². The van der Waals surface area contributed by atoms with E-state index in [0.29, 0.717) is 34.6 Å². The van der Waals surface area contributed by atoms with Crippen molar-refractivity contribution in [2.75, 3.05) is 25.2 Å². The van der Waals surface area contributed by atoms with E-state index in [2.05, 4.69) is 5.32 Å². The molecule has 1 aliphatic carbocycles. The van der Waals surface area contributed by atoms with E-state index in [1.54, 1.807) is 37.9 Å². The number of rotatable bonds is 9. The molecule has 0 spiro atoms. The van der Waals surface area contributed by atoms with Crippen LogP contribution in [0.4, 0.5) is 5.69 Å². The molecule has 2 aliphatic rings. The predicted octanol–water partition coefficient (Wildman–Crippen LogP) is 5.26. The first-order valence-electron chi connectivity index (χ1n) is 12.2. The molecule has 1 heterocycles. The maximum Gasteiger partial charge on any atom is 0.336 e. The van der Waals surface area contributed by atoms with Gasteiger partial charge in [0.05, 0.1) is 17.6 Å². The molecule has 2 atom stereocenters. The number of esters is 1. The van der Waals surface area contributed by atoms with Gasteiger partial charge in [0.1, 0.15) is 12.4 Å². The molecule has 0 unspecified atom stereocenters. The zero-order valence-corrected chi connectivity index (χ0v) is 21.9. The third-order valence-corrected chi connectivity index (χ3v) is 7.59. The number of benzene rings is 2. The van der Waals surface area contributed by atoms with Crippen molar-refractivity contribution in [2.45, 2.75) is 38.5 Å². The van der Waals surface area contributed by atoms with Crippen LogP contribution in [0.5, 0.6) is 5.75 Å². The number of Topliss-reactive ketones (excluding diaryl/α,β-unsaturated/α-hetero) is 1. The van der Waals surface area contributed by atoms with Gasteiger partial charge in [-0.25, -0.2) is 4.79 Å². The number of nitro groups is 1. The number of non-ortho nitro benzene ring substituents is 1. The summed E-state index contributed by atoms with van der Waals surface area (Å²) < 4.78 is 11.1. The van der Waals surface area contributed by atoms with Crippen molar-refractivity contribution in [3.8, 4) is 5.75 Å². The van der Waals surface area contributed by atoms with Crippen LogP contribution >= 0.6 is 11.8 Å². The number of nitro benzene ring substituents is 1. The fourth-order valence-electron chi connectivity index (χ4n) is 5.07. The molecule has 8 nitrogen and oxygen atoms in total. The Kier molecular flexibility index (Phi) is 8.33. The van der Waals surface area contributed by atoms with E-state index in [0.717, 1.165) is 22.8 Å². The second-order valence-electron chi connectivity index (χ2n) is 8.94. The number of allylic oxidation sites excluding steroid dienone is 3. The standard InChI is InChI=1S/C28H30N2O6S/c1-4-37-14-13-36-28(32)25-17(2)29-22-15-19(21-7-5-6-8-24(21)35-3)16-23(31)27(22)26(25)18-9-11-20(12-10-18)30(33)34/h5-12,19,26,29H,4,13-16H2,1-3H3/t19-,26+/m1/s1. The van der Waals surface area contributed by atoms with E-state index < -0.39 is 16.8 Å². The zero-order valence-electron chi connectivity index (χ0n) is 21.1. The fraction of sp³-hybridized carbons (Fsp3) is 0.357. The molecule has 37 heavy (non-hydrogen) atoms. The average Bonchev–Trinajstić information content (AvgIpc) is 2.90. The molecule has 0 saturated heterocycles. The van der Waals surface area contributed by atoms with E-state index in [-0.39, 0.29) is 30.4 Å². The average molecular weight is 523 g/mol. The van der Waals surface area contributed by atoms with Crippen LogP contribution in [0, 0.1) is 10.1 Å². The SMILES string of the molecule is CCSCCOC(=O)C1=C(C)NC2=C(C(=O)C[C@H](c3ccccc3OC)C2)[C@H]1c1ccc([N+](=O)[O-])cc1. The maximum atomic E-state index is 13.7. The number of para-hydroxylation sites is 1. The molecule has 0 aromatic heterocycles. The van der Waals surface area contributed by atoms with Crippen molar-refractivity contribution in [3.05, 3.63) is 92.3 Å². The van der Waals surface area contributed by atoms with E-state index in [9.17, 15) is 19.7 Å². The summed E-state index contributed by atoms with van der Waals surface area (Å²) in [5, 5.41) is 14.6. The predicted molar refractivity (Wildman–Crippen MR) is 143 cm³/mol. The molecule has 0 radical (unpaired) electrons. The molecule has 4 rings (SSSR count). The number of ketones is 1. The number of hydrogen-bond donors (Lipinski definition) is 1. The highest BCUT2D eigenvalue weighted by atomic mass is 32.2. The van der Waals surface area contributed by atoms with Crippen LogP contribution in [0.25, 0.3) is 0 Å². The van der Waals surface area contributed by atoms with Gasteiger partial charge in [0.15, 0.2) is 5.78 Å². The Hall–Kier alpha value is -3.59. The number of carbonyl (C=O) groups excluding carboxylic acids is 2. The number of nitrogens with zero attached hydrogens (tertiary/aromatic N) is 1.